The first kappa shape index (κ1) is 56.9. The van der Waals surface area contributed by atoms with Gasteiger partial charge in [-0.1, -0.05) is 44.4 Å². The van der Waals surface area contributed by atoms with E-state index >= 15 is 0 Å². The molecule has 0 bridgehead atoms. The van der Waals surface area contributed by atoms with Crippen molar-refractivity contribution < 1.29 is 43.3 Å². The van der Waals surface area contributed by atoms with Gasteiger partial charge in [-0.05, 0) is 149 Å². The third kappa shape index (κ3) is 10.1. The number of piperazine rings is 2. The first-order chi connectivity index (χ1) is 39.9. The van der Waals surface area contributed by atoms with Gasteiger partial charge in [-0.2, -0.15) is 0 Å². The molecule has 2 aromatic carbocycles. The monoisotopic (exact) mass is 1130 g/mol. The molecule has 2 aromatic heterocycles. The van der Waals surface area contributed by atoms with Gasteiger partial charge in [-0.15, -0.1) is 0 Å². The Hall–Kier alpha value is -6.53. The van der Waals surface area contributed by atoms with E-state index in [1.54, 1.807) is 24.5 Å². The predicted octanol–water partition coefficient (Wildman–Crippen LogP) is 8.43. The van der Waals surface area contributed by atoms with Crippen molar-refractivity contribution in [1.29, 1.82) is 0 Å². The predicted molar refractivity (Wildman–Crippen MR) is 315 cm³/mol. The van der Waals surface area contributed by atoms with Crippen molar-refractivity contribution in [3.05, 3.63) is 109 Å². The van der Waals surface area contributed by atoms with Gasteiger partial charge in [-0.25, -0.2) is 14.6 Å². The molecule has 4 fully saturated rings. The summed E-state index contributed by atoms with van der Waals surface area (Å²) in [6.07, 6.45) is 11.2. The van der Waals surface area contributed by atoms with Crippen molar-refractivity contribution in [3.63, 3.8) is 0 Å². The number of likely N-dealkylation sites (N-methyl/N-ethyl adjacent to an activating group) is 1. The number of carbonyl (C=O) groups excluding carboxylic acids is 5. The van der Waals surface area contributed by atoms with Crippen LogP contribution in [0.3, 0.4) is 0 Å². The zero-order valence-corrected chi connectivity index (χ0v) is 49.4. The fourth-order valence-corrected chi connectivity index (χ4v) is 16.0. The third-order valence-corrected chi connectivity index (χ3v) is 20.8. The van der Waals surface area contributed by atoms with Gasteiger partial charge < -0.3 is 38.6 Å². The van der Waals surface area contributed by atoms with Crippen LogP contribution in [0.15, 0.2) is 76.1 Å². The maximum atomic E-state index is 14.0. The zero-order valence-electron chi connectivity index (χ0n) is 49.4. The standard InChI is InChI=1S/C66H81N7O10/c1-7-65(80)55-36-57-60-45(38-73(57)61(77)53(55)40-81-62(65)78)35-50-52(39-71-28-26-68(5)27-29-71)58(21-20-56(50)67-60)82-63(79)72-32-30-70(31-33-72)25-11-9-8-10-24-69(6)46-15-12-43(13-16-46)51-37-64(4)54(22-23-66(64,41(2)74)83-42(3)75)49-18-14-44-34-47(76)17-19-48(44)59(49)51/h12-13,15-16,20-21,34-36,49,51,54,80H,7-11,14,17-19,22-33,37-40H2,1-6H3/t49-,51+,54-,64-,65-,66-/m0/s1. The number of esters is 2. The molecule has 8 aliphatic rings. The molecular weight excluding hydrogens is 1050 g/mol. The van der Waals surface area contributed by atoms with Crippen molar-refractivity contribution in [2.75, 3.05) is 84.4 Å². The summed E-state index contributed by atoms with van der Waals surface area (Å²) in [6, 6.07) is 16.5. The van der Waals surface area contributed by atoms with E-state index in [1.807, 2.05) is 23.1 Å². The molecular formula is C66H81N7O10. The number of cyclic esters (lactones) is 1. The molecule has 17 nitrogen and oxygen atoms in total. The molecule has 1 N–H and O–H groups in total. The summed E-state index contributed by atoms with van der Waals surface area (Å²) in [7, 11) is 4.28. The Kier molecular flexibility index (Phi) is 15.4. The van der Waals surface area contributed by atoms with Crippen LogP contribution in [0, 0.1) is 17.3 Å². The Morgan fingerprint density at radius 3 is 2.36 bits per heavy atom. The SMILES string of the molecule is CC[C@@]1(O)C(=O)OCc2c1cc1n(c2=O)Cc2cc3c(CN4CCN(C)CC4)c(OC(=O)N4CCN(CCCCCCN(C)c5ccc([C@H]6C[C@@]7(C)[C@@H](CC[C@]7(OC(C)=O)C(C)=O)[C@@H]7CCC8=CC(=O)CCC8=C76)cc5)CC4)ccc3nc2-1. The maximum absolute atomic E-state index is 14.0. The lowest BCUT2D eigenvalue weighted by Gasteiger charge is -2.55. The Bertz CT molecular complexity index is 3410. The second-order valence-corrected chi connectivity index (χ2v) is 25.4. The molecule has 4 aromatic rings. The molecule has 2 saturated heterocycles. The number of rotatable bonds is 15. The van der Waals surface area contributed by atoms with Crippen LogP contribution < -0.4 is 15.2 Å². The number of pyridine rings is 2. The number of carbonyl (C=O) groups is 5. The molecule has 1 amide bonds. The molecule has 0 radical (unpaired) electrons. The molecule has 440 valence electrons. The van der Waals surface area contributed by atoms with Gasteiger partial charge in [0.05, 0.1) is 29.0 Å². The number of amides is 1. The number of hydrogen-bond donors (Lipinski definition) is 1. The Morgan fingerprint density at radius 1 is 0.880 bits per heavy atom. The van der Waals surface area contributed by atoms with Crippen LogP contribution in [0.5, 0.6) is 5.75 Å². The molecule has 6 heterocycles. The molecule has 6 atom stereocenters. The van der Waals surface area contributed by atoms with Crippen molar-refractivity contribution in [3.8, 4) is 17.1 Å². The Balaban J connectivity index is 0.650. The lowest BCUT2D eigenvalue weighted by atomic mass is 9.50. The van der Waals surface area contributed by atoms with E-state index < -0.39 is 28.6 Å². The fraction of sp³-hybridized carbons (Fsp3) is 0.561. The normalized spacial score (nSPS) is 27.0. The van der Waals surface area contributed by atoms with E-state index in [2.05, 4.69) is 71.0 Å². The highest BCUT2D eigenvalue weighted by atomic mass is 16.6. The zero-order chi connectivity index (χ0) is 58.1. The van der Waals surface area contributed by atoms with Gasteiger partial charge in [-0.3, -0.25) is 29.0 Å². The summed E-state index contributed by atoms with van der Waals surface area (Å²) < 4.78 is 19.4. The van der Waals surface area contributed by atoms with Crippen LogP contribution >= 0.6 is 0 Å². The third-order valence-electron chi connectivity index (χ3n) is 20.8. The van der Waals surface area contributed by atoms with Crippen molar-refractivity contribution in [1.82, 2.24) is 29.2 Å². The van der Waals surface area contributed by atoms with Crippen LogP contribution in [0.1, 0.15) is 138 Å². The van der Waals surface area contributed by atoms with E-state index in [0.29, 0.717) is 61.6 Å². The average Bonchev–Trinajstić information content (AvgIpc) is 1.74. The largest absolute Gasteiger partial charge is 0.458 e. The minimum atomic E-state index is -1.91. The minimum Gasteiger partial charge on any atom is -0.458 e. The fourth-order valence-electron chi connectivity index (χ4n) is 16.0. The average molecular weight is 1130 g/mol. The number of nitrogens with zero attached hydrogens (tertiary/aromatic N) is 7. The number of aromatic nitrogens is 2. The van der Waals surface area contributed by atoms with Crippen LogP contribution in [0.2, 0.25) is 0 Å². The number of ether oxygens (including phenoxy) is 3. The number of benzene rings is 2. The van der Waals surface area contributed by atoms with E-state index in [4.69, 9.17) is 19.2 Å². The lowest BCUT2D eigenvalue weighted by molar-refractivity contribution is -0.182. The van der Waals surface area contributed by atoms with Gasteiger partial charge in [0, 0.05) is 125 Å². The molecule has 4 aliphatic heterocycles. The number of anilines is 1. The van der Waals surface area contributed by atoms with Gasteiger partial charge >= 0.3 is 18.0 Å². The molecule has 12 rings (SSSR count). The maximum Gasteiger partial charge on any atom is 0.415 e. The number of allylic oxidation sites excluding steroid dienone is 4. The molecule has 17 heteroatoms. The van der Waals surface area contributed by atoms with Gasteiger partial charge in [0.25, 0.3) is 5.56 Å². The summed E-state index contributed by atoms with van der Waals surface area (Å²) in [5.41, 5.74) is 6.67. The Labute approximate surface area is 486 Å². The highest BCUT2D eigenvalue weighted by Crippen LogP contribution is 2.68. The van der Waals surface area contributed by atoms with Crippen molar-refractivity contribution in [2.24, 2.45) is 17.3 Å². The number of aliphatic hydroxyl groups is 1. The lowest BCUT2D eigenvalue weighted by Crippen LogP contribution is -2.57. The topological polar surface area (TPSA) is 184 Å². The van der Waals surface area contributed by atoms with Gasteiger partial charge in [0.2, 0.25) is 0 Å². The van der Waals surface area contributed by atoms with E-state index in [1.165, 1.54) is 29.2 Å². The molecule has 2 saturated carbocycles. The van der Waals surface area contributed by atoms with Crippen LogP contribution in [0.25, 0.3) is 22.3 Å². The first-order valence-corrected chi connectivity index (χ1v) is 30.6. The number of hydrogen-bond acceptors (Lipinski definition) is 15. The number of ketones is 2. The summed E-state index contributed by atoms with van der Waals surface area (Å²) in [6.45, 7) is 15.8. The quantitative estimate of drug-likeness (QED) is 0.0778. The van der Waals surface area contributed by atoms with Gasteiger partial charge in [0.15, 0.2) is 22.8 Å². The van der Waals surface area contributed by atoms with Crippen LogP contribution in [-0.2, 0) is 53.9 Å². The summed E-state index contributed by atoms with van der Waals surface area (Å²) in [4.78, 5) is 96.0. The van der Waals surface area contributed by atoms with E-state index in [9.17, 15) is 33.9 Å². The smallest absolute Gasteiger partial charge is 0.415 e. The van der Waals surface area contributed by atoms with Crippen LogP contribution in [-0.4, -0.2) is 149 Å². The van der Waals surface area contributed by atoms with Crippen molar-refractivity contribution in [2.45, 2.75) is 142 Å². The highest BCUT2D eigenvalue weighted by molar-refractivity contribution is 5.94. The molecule has 0 unspecified atom stereocenters. The van der Waals surface area contributed by atoms with Crippen LogP contribution in [0.4, 0.5) is 10.5 Å². The van der Waals surface area contributed by atoms with E-state index in [-0.39, 0.29) is 71.7 Å². The summed E-state index contributed by atoms with van der Waals surface area (Å²) in [5, 5.41) is 12.2. The number of Topliss-reactive ketones (excluding diaryl/α,β-unsaturated/α-hetero) is 1. The van der Waals surface area contributed by atoms with E-state index in [0.717, 1.165) is 126 Å². The number of fused-ring (bicyclic) bond motifs is 9. The first-order valence-electron chi connectivity index (χ1n) is 30.6. The second kappa shape index (κ2) is 22.5. The molecule has 83 heavy (non-hydrogen) atoms. The van der Waals surface area contributed by atoms with Crippen molar-refractivity contribution >= 4 is 46.2 Å². The Morgan fingerprint density at radius 2 is 1.63 bits per heavy atom. The highest BCUT2D eigenvalue weighted by Gasteiger charge is 2.67. The minimum absolute atomic E-state index is 0.0571. The second-order valence-electron chi connectivity index (χ2n) is 25.4. The van der Waals surface area contributed by atoms with Gasteiger partial charge in [0.1, 0.15) is 12.4 Å². The number of unbranched alkanes of at least 4 members (excludes halogenated alkanes) is 3. The summed E-state index contributed by atoms with van der Waals surface area (Å²) in [5.74, 6) is 0.0508. The molecule has 0 spiro atoms. The summed E-state index contributed by atoms with van der Waals surface area (Å²) >= 11 is 0. The molecule has 4 aliphatic carbocycles.